The Morgan fingerprint density at radius 1 is 0.575 bits per heavy atom. The second-order valence-corrected chi connectivity index (χ2v) is 9.51. The first-order valence-electron chi connectivity index (χ1n) is 13.8. The molecule has 3 aromatic rings. The van der Waals surface area contributed by atoms with Crippen LogP contribution in [-0.4, -0.2) is 53.0 Å². The third-order valence-electron chi connectivity index (χ3n) is 6.80. The SMILES string of the molecule is CCc1cc([C@@H](O)CO)ccc1C.CCc1cc([C@H](O)CC)ccc1C.COc1ccc([C@H](O)CO)cc1OC. The van der Waals surface area contributed by atoms with Crippen molar-refractivity contribution in [2.75, 3.05) is 27.4 Å². The van der Waals surface area contributed by atoms with E-state index in [0.717, 1.165) is 30.4 Å². The van der Waals surface area contributed by atoms with Crippen molar-refractivity contribution >= 4 is 0 Å². The smallest absolute Gasteiger partial charge is 0.161 e. The van der Waals surface area contributed by atoms with Crippen molar-refractivity contribution in [3.8, 4) is 11.5 Å². The van der Waals surface area contributed by atoms with Gasteiger partial charge in [0.25, 0.3) is 0 Å². The third-order valence-corrected chi connectivity index (χ3v) is 6.80. The maximum Gasteiger partial charge on any atom is 0.161 e. The summed E-state index contributed by atoms with van der Waals surface area (Å²) in [6, 6.07) is 17.0. The maximum absolute atomic E-state index is 9.64. The number of rotatable bonds is 10. The number of aryl methyl sites for hydroxylation is 4. The lowest BCUT2D eigenvalue weighted by atomic mass is 9.99. The Balaban J connectivity index is 0.000000300. The third kappa shape index (κ3) is 10.6. The summed E-state index contributed by atoms with van der Waals surface area (Å²) in [7, 11) is 3.06. The van der Waals surface area contributed by atoms with Crippen molar-refractivity contribution in [3.05, 3.63) is 93.5 Å². The van der Waals surface area contributed by atoms with Gasteiger partial charge >= 0.3 is 0 Å². The molecule has 7 heteroatoms. The fourth-order valence-corrected chi connectivity index (χ4v) is 4.07. The van der Waals surface area contributed by atoms with Gasteiger partial charge in [-0.05, 0) is 84.2 Å². The number of ether oxygens (including phenoxy) is 2. The molecule has 0 aromatic heterocycles. The molecule has 0 aliphatic rings. The molecule has 3 aromatic carbocycles. The summed E-state index contributed by atoms with van der Waals surface area (Å²) < 4.78 is 10.1. The molecule has 0 aliphatic heterocycles. The van der Waals surface area contributed by atoms with E-state index in [4.69, 9.17) is 19.7 Å². The van der Waals surface area contributed by atoms with Gasteiger partial charge in [0.05, 0.1) is 33.5 Å². The van der Waals surface area contributed by atoms with E-state index in [1.54, 1.807) is 25.3 Å². The van der Waals surface area contributed by atoms with Gasteiger partial charge < -0.3 is 35.0 Å². The molecule has 0 spiro atoms. The Morgan fingerprint density at radius 3 is 1.35 bits per heavy atom. The van der Waals surface area contributed by atoms with Crippen LogP contribution in [0.2, 0.25) is 0 Å². The van der Waals surface area contributed by atoms with Gasteiger partial charge in [0.15, 0.2) is 11.5 Å². The lowest BCUT2D eigenvalue weighted by Gasteiger charge is -2.11. The molecule has 0 heterocycles. The minimum absolute atomic E-state index is 0.216. The topological polar surface area (TPSA) is 120 Å². The zero-order chi connectivity index (χ0) is 30.2. The van der Waals surface area contributed by atoms with Gasteiger partial charge in [0.2, 0.25) is 0 Å². The first kappa shape index (κ1) is 35.1. The summed E-state index contributed by atoms with van der Waals surface area (Å²) in [5.74, 6) is 1.14. The minimum Gasteiger partial charge on any atom is -0.493 e. The number of hydrogen-bond acceptors (Lipinski definition) is 7. The summed E-state index contributed by atoms with van der Waals surface area (Å²) >= 11 is 0. The van der Waals surface area contributed by atoms with E-state index >= 15 is 0 Å². The fourth-order valence-electron chi connectivity index (χ4n) is 4.07. The highest BCUT2D eigenvalue weighted by molar-refractivity contribution is 5.43. The summed E-state index contributed by atoms with van der Waals surface area (Å²) in [6.45, 7) is 9.86. The molecular formula is C33H48O7. The number of aliphatic hydroxyl groups excluding tert-OH is 5. The van der Waals surface area contributed by atoms with Crippen molar-refractivity contribution in [2.45, 2.75) is 72.2 Å². The highest BCUT2D eigenvalue weighted by atomic mass is 16.5. The molecule has 0 saturated carbocycles. The molecule has 0 saturated heterocycles. The van der Waals surface area contributed by atoms with Gasteiger partial charge in [-0.25, -0.2) is 0 Å². The Hall–Kier alpha value is -2.94. The first-order valence-corrected chi connectivity index (χ1v) is 13.8. The van der Waals surface area contributed by atoms with Crippen LogP contribution in [0.25, 0.3) is 0 Å². The monoisotopic (exact) mass is 556 g/mol. The number of methoxy groups -OCH3 is 2. The van der Waals surface area contributed by atoms with Gasteiger partial charge in [-0.3, -0.25) is 0 Å². The highest BCUT2D eigenvalue weighted by Crippen LogP contribution is 2.29. The second-order valence-electron chi connectivity index (χ2n) is 9.51. The second kappa shape index (κ2) is 18.4. The molecule has 3 rings (SSSR count). The molecule has 0 unspecified atom stereocenters. The quantitative estimate of drug-likeness (QED) is 0.229. The molecule has 5 N–H and O–H groups in total. The zero-order valence-electron chi connectivity index (χ0n) is 25.0. The minimum atomic E-state index is -0.880. The highest BCUT2D eigenvalue weighted by Gasteiger charge is 2.10. The van der Waals surface area contributed by atoms with Crippen LogP contribution in [0.4, 0.5) is 0 Å². The average molecular weight is 557 g/mol. The van der Waals surface area contributed by atoms with E-state index < -0.39 is 12.2 Å². The van der Waals surface area contributed by atoms with Crippen LogP contribution in [0.1, 0.15) is 84.4 Å². The Kier molecular flexibility index (Phi) is 16.2. The molecular weight excluding hydrogens is 508 g/mol. The van der Waals surface area contributed by atoms with Crippen LogP contribution in [0.3, 0.4) is 0 Å². The molecule has 222 valence electrons. The van der Waals surface area contributed by atoms with Crippen molar-refractivity contribution in [2.24, 2.45) is 0 Å². The normalized spacial score (nSPS) is 12.7. The van der Waals surface area contributed by atoms with Crippen LogP contribution < -0.4 is 9.47 Å². The average Bonchev–Trinajstić information content (AvgIpc) is 3.00. The summed E-state index contributed by atoms with van der Waals surface area (Å²) in [4.78, 5) is 0. The van der Waals surface area contributed by atoms with Crippen LogP contribution in [0, 0.1) is 13.8 Å². The van der Waals surface area contributed by atoms with Crippen molar-refractivity contribution in [1.82, 2.24) is 0 Å². The Morgan fingerprint density at radius 2 is 0.975 bits per heavy atom. The van der Waals surface area contributed by atoms with Gasteiger partial charge in [0.1, 0.15) is 12.2 Å². The van der Waals surface area contributed by atoms with E-state index in [-0.39, 0.29) is 19.3 Å². The Labute approximate surface area is 239 Å². The lowest BCUT2D eigenvalue weighted by Crippen LogP contribution is -2.03. The van der Waals surface area contributed by atoms with Crippen LogP contribution >= 0.6 is 0 Å². The Bertz CT molecular complexity index is 1090. The summed E-state index contributed by atoms with van der Waals surface area (Å²) in [6.07, 6.45) is 0.853. The summed E-state index contributed by atoms with van der Waals surface area (Å²) in [5.41, 5.74) is 7.56. The lowest BCUT2D eigenvalue weighted by molar-refractivity contribution is 0.0953. The van der Waals surface area contributed by atoms with Gasteiger partial charge in [-0.15, -0.1) is 0 Å². The number of benzene rings is 3. The van der Waals surface area contributed by atoms with E-state index in [1.165, 1.54) is 29.4 Å². The molecule has 3 atom stereocenters. The predicted octanol–water partition coefficient (Wildman–Crippen LogP) is 5.31. The van der Waals surface area contributed by atoms with Crippen LogP contribution in [0.5, 0.6) is 11.5 Å². The largest absolute Gasteiger partial charge is 0.493 e. The maximum atomic E-state index is 9.64. The molecule has 0 aliphatic carbocycles. The van der Waals surface area contributed by atoms with Gasteiger partial charge in [-0.1, -0.05) is 63.2 Å². The molecule has 0 fully saturated rings. The van der Waals surface area contributed by atoms with Crippen LogP contribution in [0.15, 0.2) is 54.6 Å². The molecule has 7 nitrogen and oxygen atoms in total. The van der Waals surface area contributed by atoms with E-state index in [9.17, 15) is 15.3 Å². The van der Waals surface area contributed by atoms with E-state index in [0.29, 0.717) is 17.1 Å². The van der Waals surface area contributed by atoms with Crippen molar-refractivity contribution in [3.63, 3.8) is 0 Å². The van der Waals surface area contributed by atoms with Crippen molar-refractivity contribution < 1.29 is 35.0 Å². The molecule has 0 radical (unpaired) electrons. The molecule has 0 amide bonds. The number of hydrogen-bond donors (Lipinski definition) is 5. The van der Waals surface area contributed by atoms with Gasteiger partial charge in [-0.2, -0.15) is 0 Å². The number of aliphatic hydroxyl groups is 5. The van der Waals surface area contributed by atoms with Gasteiger partial charge in [0, 0.05) is 0 Å². The molecule has 40 heavy (non-hydrogen) atoms. The van der Waals surface area contributed by atoms with E-state index in [1.807, 2.05) is 38.1 Å². The predicted molar refractivity (Wildman–Crippen MR) is 160 cm³/mol. The molecule has 0 bridgehead atoms. The van der Waals surface area contributed by atoms with E-state index in [2.05, 4.69) is 32.9 Å². The fraction of sp³-hybridized carbons (Fsp3) is 0.455. The van der Waals surface area contributed by atoms with Crippen molar-refractivity contribution in [1.29, 1.82) is 0 Å². The van der Waals surface area contributed by atoms with Crippen LogP contribution in [-0.2, 0) is 12.8 Å². The first-order chi connectivity index (χ1) is 19.1. The standard InChI is InChI=1S/C12H18O.C11H16O2.C10H14O4/c1-4-10-8-11(12(13)5-2)7-6-9(10)3;1-3-9-6-10(11(13)7-12)5-4-8(9)2;1-13-9-4-3-7(8(12)6-11)5-10(9)14-2/h6-8,12-13H,4-5H2,1-3H3;4-6,11-13H,3,7H2,1-2H3;3-5,8,11-12H,6H2,1-2H3/t12-;11-;8-/m101/s1. The zero-order valence-corrected chi connectivity index (χ0v) is 25.0. The summed E-state index contributed by atoms with van der Waals surface area (Å²) in [5, 5.41) is 45.9.